The maximum Gasteiger partial charge on any atom is 0.326 e. The molecule has 2 fully saturated rings. The minimum Gasteiger partial charge on any atom is -0.459 e. The lowest BCUT2D eigenvalue weighted by Gasteiger charge is -2.19. The number of carbonyl (C=O) groups is 3. The second kappa shape index (κ2) is 7.11. The quantitative estimate of drug-likeness (QED) is 0.603. The fourth-order valence-corrected chi connectivity index (χ4v) is 3.89. The number of nitrogens with zero attached hydrogens (tertiary/aromatic N) is 1. The lowest BCUT2D eigenvalue weighted by Crippen LogP contribution is -2.36. The number of halogens is 2. The molecule has 2 aliphatic rings. The Morgan fingerprint density at radius 2 is 1.62 bits per heavy atom. The van der Waals surface area contributed by atoms with Crippen molar-refractivity contribution in [2.24, 2.45) is 11.8 Å². The van der Waals surface area contributed by atoms with Gasteiger partial charge in [0.2, 0.25) is 11.8 Å². The Kier molecular flexibility index (Phi) is 5.11. The van der Waals surface area contributed by atoms with E-state index in [4.69, 9.17) is 27.9 Å². The summed E-state index contributed by atoms with van der Waals surface area (Å²) in [7, 11) is 0. The molecular weight excluding hydrogens is 353 g/mol. The molecule has 5 nitrogen and oxygen atoms in total. The van der Waals surface area contributed by atoms with Gasteiger partial charge >= 0.3 is 5.97 Å². The van der Waals surface area contributed by atoms with Gasteiger partial charge in [0.25, 0.3) is 0 Å². The Bertz CT molecular complexity index is 647. The highest BCUT2D eigenvalue weighted by molar-refractivity contribution is 6.35. The Balaban J connectivity index is 1.61. The van der Waals surface area contributed by atoms with Crippen LogP contribution >= 0.6 is 23.2 Å². The number of hydrogen-bond donors (Lipinski definition) is 0. The fraction of sp³-hybridized carbons (Fsp3) is 0.471. The van der Waals surface area contributed by atoms with Crippen LogP contribution in [0.15, 0.2) is 18.2 Å². The summed E-state index contributed by atoms with van der Waals surface area (Å²) in [5, 5.41) is 0.796. The van der Waals surface area contributed by atoms with E-state index < -0.39 is 5.97 Å². The van der Waals surface area contributed by atoms with E-state index in [0.717, 1.165) is 30.6 Å². The number of imide groups is 1. The maximum atomic E-state index is 12.3. The first-order valence-electron chi connectivity index (χ1n) is 7.92. The first-order valence-corrected chi connectivity index (χ1v) is 8.68. The van der Waals surface area contributed by atoms with Gasteiger partial charge in [-0.25, -0.2) is 0 Å². The number of hydrogen-bond acceptors (Lipinski definition) is 4. The van der Waals surface area contributed by atoms with Crippen LogP contribution < -0.4 is 0 Å². The molecule has 1 saturated carbocycles. The molecule has 0 N–H and O–H groups in total. The van der Waals surface area contributed by atoms with E-state index in [1.165, 1.54) is 0 Å². The van der Waals surface area contributed by atoms with Crippen molar-refractivity contribution in [1.82, 2.24) is 4.90 Å². The number of amides is 2. The van der Waals surface area contributed by atoms with Crippen molar-refractivity contribution in [3.8, 4) is 0 Å². The molecule has 0 bridgehead atoms. The van der Waals surface area contributed by atoms with Crippen molar-refractivity contribution in [3.05, 3.63) is 33.8 Å². The van der Waals surface area contributed by atoms with Crippen LogP contribution in [-0.2, 0) is 25.7 Å². The summed E-state index contributed by atoms with van der Waals surface area (Å²) in [4.78, 5) is 37.7. The molecular formula is C17H17Cl2NO4. The standard InChI is InChI=1S/C17H17Cl2NO4/c18-13-6-3-7-14(19)12(13)9-24-15(21)8-20-16(22)10-4-1-2-5-11(10)17(20)23/h3,6-7,10-11H,1-2,4-5,8-9H2/t10-,11+. The number of fused-ring (bicyclic) bond motifs is 1. The highest BCUT2D eigenvalue weighted by atomic mass is 35.5. The molecule has 2 amide bonds. The van der Waals surface area contributed by atoms with Crippen LogP contribution in [0, 0.1) is 11.8 Å². The fourth-order valence-electron chi connectivity index (χ4n) is 3.38. The van der Waals surface area contributed by atoms with Crippen molar-refractivity contribution >= 4 is 41.0 Å². The predicted octanol–water partition coefficient (Wildman–Crippen LogP) is 3.21. The van der Waals surface area contributed by atoms with Gasteiger partial charge in [0.15, 0.2) is 0 Å². The van der Waals surface area contributed by atoms with Crippen LogP contribution in [0.5, 0.6) is 0 Å². The molecule has 2 atom stereocenters. The minimum absolute atomic E-state index is 0.0968. The van der Waals surface area contributed by atoms with Gasteiger partial charge in [-0.15, -0.1) is 0 Å². The van der Waals surface area contributed by atoms with Gasteiger partial charge in [-0.2, -0.15) is 0 Å². The van der Waals surface area contributed by atoms with E-state index >= 15 is 0 Å². The highest BCUT2D eigenvalue weighted by Crippen LogP contribution is 2.37. The molecule has 1 aliphatic carbocycles. The van der Waals surface area contributed by atoms with Crippen molar-refractivity contribution in [2.75, 3.05) is 6.54 Å². The first-order chi connectivity index (χ1) is 11.5. The molecule has 7 heteroatoms. The number of esters is 1. The summed E-state index contributed by atoms with van der Waals surface area (Å²) >= 11 is 12.0. The lowest BCUT2D eigenvalue weighted by atomic mass is 9.81. The van der Waals surface area contributed by atoms with E-state index in [-0.39, 0.29) is 36.8 Å². The summed E-state index contributed by atoms with van der Waals surface area (Å²) in [5.41, 5.74) is 0.502. The normalized spacial score (nSPS) is 23.3. The van der Waals surface area contributed by atoms with Crippen LogP contribution in [-0.4, -0.2) is 29.2 Å². The summed E-state index contributed by atoms with van der Waals surface area (Å²) in [5.74, 6) is -1.68. The monoisotopic (exact) mass is 369 g/mol. The van der Waals surface area contributed by atoms with Crippen LogP contribution in [0.25, 0.3) is 0 Å². The van der Waals surface area contributed by atoms with Crippen molar-refractivity contribution in [1.29, 1.82) is 0 Å². The second-order valence-electron chi connectivity index (χ2n) is 6.12. The van der Waals surface area contributed by atoms with Gasteiger partial charge in [0.1, 0.15) is 13.2 Å². The third kappa shape index (κ3) is 3.28. The zero-order chi connectivity index (χ0) is 17.3. The number of rotatable bonds is 4. The SMILES string of the molecule is O=C(CN1C(=O)[C@H]2CCCC[C@H]2C1=O)OCc1c(Cl)cccc1Cl. The summed E-state index contributed by atoms with van der Waals surface area (Å²) in [6.45, 7) is -0.451. The second-order valence-corrected chi connectivity index (χ2v) is 6.94. The van der Waals surface area contributed by atoms with Crippen LogP contribution in [0.4, 0.5) is 0 Å². The smallest absolute Gasteiger partial charge is 0.326 e. The number of ether oxygens (including phenoxy) is 1. The van der Waals surface area contributed by atoms with Gasteiger partial charge in [-0.1, -0.05) is 42.1 Å². The van der Waals surface area contributed by atoms with Gasteiger partial charge < -0.3 is 4.74 Å². The van der Waals surface area contributed by atoms with Gasteiger partial charge in [0, 0.05) is 15.6 Å². The zero-order valence-electron chi connectivity index (χ0n) is 13.0. The van der Waals surface area contributed by atoms with E-state index in [1.807, 2.05) is 0 Å². The summed E-state index contributed by atoms with van der Waals surface area (Å²) in [6, 6.07) is 4.99. The molecule has 1 aromatic carbocycles. The number of carbonyl (C=O) groups excluding carboxylic acids is 3. The maximum absolute atomic E-state index is 12.3. The molecule has 1 heterocycles. The zero-order valence-corrected chi connectivity index (χ0v) is 14.5. The van der Waals surface area contributed by atoms with Crippen LogP contribution in [0.2, 0.25) is 10.0 Å². The highest BCUT2D eigenvalue weighted by Gasteiger charge is 2.48. The molecule has 0 radical (unpaired) electrons. The van der Waals surface area contributed by atoms with E-state index in [2.05, 4.69) is 0 Å². The predicted molar refractivity (Wildman–Crippen MR) is 88.4 cm³/mol. The Morgan fingerprint density at radius 1 is 1.08 bits per heavy atom. The van der Waals surface area contributed by atoms with Gasteiger partial charge in [-0.3, -0.25) is 19.3 Å². The first kappa shape index (κ1) is 17.2. The van der Waals surface area contributed by atoms with Crippen molar-refractivity contribution in [2.45, 2.75) is 32.3 Å². The molecule has 24 heavy (non-hydrogen) atoms. The summed E-state index contributed by atoms with van der Waals surface area (Å²) in [6.07, 6.45) is 3.33. The molecule has 128 valence electrons. The third-order valence-electron chi connectivity index (χ3n) is 4.66. The Hall–Kier alpha value is -1.59. The molecule has 0 aromatic heterocycles. The lowest BCUT2D eigenvalue weighted by molar-refractivity contribution is -0.153. The average Bonchev–Trinajstić information content (AvgIpc) is 2.80. The Morgan fingerprint density at radius 3 is 2.17 bits per heavy atom. The van der Waals surface area contributed by atoms with E-state index in [9.17, 15) is 14.4 Å². The third-order valence-corrected chi connectivity index (χ3v) is 5.37. The van der Waals surface area contributed by atoms with E-state index in [1.54, 1.807) is 18.2 Å². The molecule has 1 aromatic rings. The van der Waals surface area contributed by atoms with Crippen LogP contribution in [0.3, 0.4) is 0 Å². The largest absolute Gasteiger partial charge is 0.459 e. The molecule has 1 aliphatic heterocycles. The molecule has 0 unspecified atom stereocenters. The van der Waals surface area contributed by atoms with Gasteiger partial charge in [0.05, 0.1) is 11.8 Å². The molecule has 0 spiro atoms. The van der Waals surface area contributed by atoms with Gasteiger partial charge in [-0.05, 0) is 25.0 Å². The summed E-state index contributed by atoms with van der Waals surface area (Å²) < 4.78 is 5.15. The number of benzene rings is 1. The van der Waals surface area contributed by atoms with Crippen molar-refractivity contribution in [3.63, 3.8) is 0 Å². The van der Waals surface area contributed by atoms with Crippen molar-refractivity contribution < 1.29 is 19.1 Å². The Labute approximate surface area is 149 Å². The minimum atomic E-state index is -0.647. The molecule has 3 rings (SSSR count). The topological polar surface area (TPSA) is 63.7 Å². The number of likely N-dealkylation sites (tertiary alicyclic amines) is 1. The average molecular weight is 370 g/mol. The van der Waals surface area contributed by atoms with E-state index in [0.29, 0.717) is 15.6 Å². The molecule has 1 saturated heterocycles. The van der Waals surface area contributed by atoms with Crippen LogP contribution in [0.1, 0.15) is 31.2 Å².